The maximum absolute atomic E-state index is 12.5. The minimum atomic E-state index is -0.108. The van der Waals surface area contributed by atoms with Gasteiger partial charge >= 0.3 is 0 Å². The quantitative estimate of drug-likeness (QED) is 0.750. The fourth-order valence-electron chi connectivity index (χ4n) is 2.66. The van der Waals surface area contributed by atoms with E-state index in [2.05, 4.69) is 15.3 Å². The van der Waals surface area contributed by atoms with Crippen molar-refractivity contribution >= 4 is 17.3 Å². The SMILES string of the molecule is Cc1nc(Nc2ccc(N(C)C)cc2)[nH]c(=O)c1Cc1ccccc1. The van der Waals surface area contributed by atoms with Crippen molar-refractivity contribution in [2.45, 2.75) is 13.3 Å². The van der Waals surface area contributed by atoms with Gasteiger partial charge in [-0.25, -0.2) is 4.98 Å². The summed E-state index contributed by atoms with van der Waals surface area (Å²) >= 11 is 0. The number of aromatic amines is 1. The molecule has 2 aromatic carbocycles. The largest absolute Gasteiger partial charge is 0.378 e. The molecule has 5 nitrogen and oxygen atoms in total. The number of hydrogen-bond donors (Lipinski definition) is 2. The lowest BCUT2D eigenvalue weighted by atomic mass is 10.1. The van der Waals surface area contributed by atoms with Gasteiger partial charge in [0, 0.05) is 37.5 Å². The maximum Gasteiger partial charge on any atom is 0.256 e. The lowest BCUT2D eigenvalue weighted by Crippen LogP contribution is -2.18. The summed E-state index contributed by atoms with van der Waals surface area (Å²) in [4.78, 5) is 21.8. The lowest BCUT2D eigenvalue weighted by molar-refractivity contribution is 0.986. The summed E-state index contributed by atoms with van der Waals surface area (Å²) in [6.07, 6.45) is 0.576. The molecule has 0 amide bonds. The first-order valence-corrected chi connectivity index (χ1v) is 8.21. The molecular formula is C20H22N4O. The van der Waals surface area contributed by atoms with E-state index < -0.39 is 0 Å². The van der Waals surface area contributed by atoms with Crippen LogP contribution >= 0.6 is 0 Å². The van der Waals surface area contributed by atoms with Gasteiger partial charge in [-0.15, -0.1) is 0 Å². The zero-order valence-electron chi connectivity index (χ0n) is 14.7. The first-order chi connectivity index (χ1) is 12.0. The highest BCUT2D eigenvalue weighted by Crippen LogP contribution is 2.18. The molecule has 128 valence electrons. The van der Waals surface area contributed by atoms with Crippen molar-refractivity contribution in [2.75, 3.05) is 24.3 Å². The number of anilines is 3. The molecule has 3 aromatic rings. The predicted molar refractivity (Wildman–Crippen MR) is 103 cm³/mol. The molecule has 1 heterocycles. The van der Waals surface area contributed by atoms with Gasteiger partial charge in [0.05, 0.1) is 5.69 Å². The Bertz CT molecular complexity index is 899. The van der Waals surface area contributed by atoms with Gasteiger partial charge in [0.1, 0.15) is 0 Å². The summed E-state index contributed by atoms with van der Waals surface area (Å²) in [7, 11) is 3.99. The molecule has 0 aliphatic heterocycles. The van der Waals surface area contributed by atoms with E-state index >= 15 is 0 Å². The summed E-state index contributed by atoms with van der Waals surface area (Å²) in [5.41, 5.74) is 4.41. The van der Waals surface area contributed by atoms with Crippen LogP contribution in [0.3, 0.4) is 0 Å². The molecule has 0 saturated carbocycles. The predicted octanol–water partition coefficient (Wildman–Crippen LogP) is 3.48. The zero-order valence-corrected chi connectivity index (χ0v) is 14.7. The molecule has 2 N–H and O–H groups in total. The third-order valence-corrected chi connectivity index (χ3v) is 4.09. The first-order valence-electron chi connectivity index (χ1n) is 8.21. The molecule has 0 bridgehead atoms. The Hall–Kier alpha value is -3.08. The fraction of sp³-hybridized carbons (Fsp3) is 0.200. The molecule has 0 spiro atoms. The summed E-state index contributed by atoms with van der Waals surface area (Å²) < 4.78 is 0. The minimum Gasteiger partial charge on any atom is -0.378 e. The maximum atomic E-state index is 12.5. The summed E-state index contributed by atoms with van der Waals surface area (Å²) in [6, 6.07) is 17.9. The molecule has 0 aliphatic rings. The second kappa shape index (κ2) is 7.21. The number of rotatable bonds is 5. The van der Waals surface area contributed by atoms with E-state index in [1.807, 2.05) is 80.5 Å². The summed E-state index contributed by atoms with van der Waals surface area (Å²) in [6.45, 7) is 1.87. The van der Waals surface area contributed by atoms with Crippen LogP contribution in [0.4, 0.5) is 17.3 Å². The van der Waals surface area contributed by atoms with Crippen molar-refractivity contribution in [2.24, 2.45) is 0 Å². The van der Waals surface area contributed by atoms with Gasteiger partial charge in [0.25, 0.3) is 5.56 Å². The Morgan fingerprint density at radius 2 is 1.72 bits per heavy atom. The highest BCUT2D eigenvalue weighted by Gasteiger charge is 2.09. The molecular weight excluding hydrogens is 312 g/mol. The summed E-state index contributed by atoms with van der Waals surface area (Å²) in [5, 5.41) is 3.16. The van der Waals surface area contributed by atoms with Gasteiger partial charge in [-0.05, 0) is 36.8 Å². The van der Waals surface area contributed by atoms with E-state index in [1.165, 1.54) is 0 Å². The third kappa shape index (κ3) is 4.07. The molecule has 0 aliphatic carbocycles. The number of H-pyrrole nitrogens is 1. The topological polar surface area (TPSA) is 61.0 Å². The van der Waals surface area contributed by atoms with E-state index in [0.717, 1.165) is 22.6 Å². The van der Waals surface area contributed by atoms with Crippen LogP contribution in [0.15, 0.2) is 59.4 Å². The van der Waals surface area contributed by atoms with Crippen molar-refractivity contribution in [3.63, 3.8) is 0 Å². The van der Waals surface area contributed by atoms with E-state index in [0.29, 0.717) is 17.9 Å². The Kier molecular flexibility index (Phi) is 4.84. The number of aryl methyl sites for hydroxylation is 1. The van der Waals surface area contributed by atoms with Crippen LogP contribution in [-0.2, 0) is 6.42 Å². The van der Waals surface area contributed by atoms with Crippen molar-refractivity contribution < 1.29 is 0 Å². The fourth-order valence-corrected chi connectivity index (χ4v) is 2.66. The second-order valence-electron chi connectivity index (χ2n) is 6.21. The van der Waals surface area contributed by atoms with E-state index in [1.54, 1.807) is 0 Å². The standard InChI is InChI=1S/C20H22N4O/c1-14-18(13-15-7-5-4-6-8-15)19(25)23-20(21-14)22-16-9-11-17(12-10-16)24(2)3/h4-12H,13H2,1-3H3,(H2,21,22,23,25). The Labute approximate surface area is 147 Å². The molecule has 3 rings (SSSR count). The third-order valence-electron chi connectivity index (χ3n) is 4.09. The Morgan fingerprint density at radius 3 is 2.32 bits per heavy atom. The van der Waals surface area contributed by atoms with Gasteiger partial charge in [-0.3, -0.25) is 9.78 Å². The van der Waals surface area contributed by atoms with E-state index in [9.17, 15) is 4.79 Å². The Morgan fingerprint density at radius 1 is 1.04 bits per heavy atom. The van der Waals surface area contributed by atoms with Crippen LogP contribution in [0.25, 0.3) is 0 Å². The molecule has 0 radical (unpaired) electrons. The number of benzene rings is 2. The lowest BCUT2D eigenvalue weighted by Gasteiger charge is -2.13. The van der Waals surface area contributed by atoms with Gasteiger partial charge in [-0.2, -0.15) is 0 Å². The van der Waals surface area contributed by atoms with Crippen LogP contribution < -0.4 is 15.8 Å². The number of hydrogen-bond acceptors (Lipinski definition) is 4. The number of nitrogens with one attached hydrogen (secondary N) is 2. The van der Waals surface area contributed by atoms with Crippen molar-refractivity contribution in [3.05, 3.63) is 81.8 Å². The Balaban J connectivity index is 1.81. The monoisotopic (exact) mass is 334 g/mol. The van der Waals surface area contributed by atoms with Gasteiger partial charge in [0.15, 0.2) is 0 Å². The molecule has 0 saturated heterocycles. The van der Waals surface area contributed by atoms with Gasteiger partial charge < -0.3 is 10.2 Å². The highest BCUT2D eigenvalue weighted by molar-refractivity contribution is 5.59. The number of aromatic nitrogens is 2. The smallest absolute Gasteiger partial charge is 0.256 e. The molecule has 5 heteroatoms. The number of nitrogens with zero attached hydrogens (tertiary/aromatic N) is 2. The average molecular weight is 334 g/mol. The second-order valence-corrected chi connectivity index (χ2v) is 6.21. The highest BCUT2D eigenvalue weighted by atomic mass is 16.1. The molecule has 25 heavy (non-hydrogen) atoms. The van der Waals surface area contributed by atoms with Crippen LogP contribution in [0, 0.1) is 6.92 Å². The van der Waals surface area contributed by atoms with E-state index in [4.69, 9.17) is 0 Å². The minimum absolute atomic E-state index is 0.108. The molecule has 0 unspecified atom stereocenters. The zero-order chi connectivity index (χ0) is 17.8. The van der Waals surface area contributed by atoms with Gasteiger partial charge in [0.2, 0.25) is 5.95 Å². The molecule has 0 fully saturated rings. The molecule has 0 atom stereocenters. The van der Waals surface area contributed by atoms with Crippen molar-refractivity contribution in [1.29, 1.82) is 0 Å². The van der Waals surface area contributed by atoms with Crippen molar-refractivity contribution in [1.82, 2.24) is 9.97 Å². The summed E-state index contributed by atoms with van der Waals surface area (Å²) in [5.74, 6) is 0.455. The van der Waals surface area contributed by atoms with E-state index in [-0.39, 0.29) is 5.56 Å². The van der Waals surface area contributed by atoms with Crippen LogP contribution in [0.1, 0.15) is 16.8 Å². The molecule has 1 aromatic heterocycles. The van der Waals surface area contributed by atoms with Crippen LogP contribution in [0.5, 0.6) is 0 Å². The van der Waals surface area contributed by atoms with Crippen LogP contribution in [0.2, 0.25) is 0 Å². The van der Waals surface area contributed by atoms with Crippen molar-refractivity contribution in [3.8, 4) is 0 Å². The average Bonchev–Trinajstić information content (AvgIpc) is 2.59. The first kappa shape index (κ1) is 16.8. The van der Waals surface area contributed by atoms with Gasteiger partial charge in [-0.1, -0.05) is 30.3 Å². The normalized spacial score (nSPS) is 10.5. The van der Waals surface area contributed by atoms with Crippen LogP contribution in [-0.4, -0.2) is 24.1 Å².